The average molecular weight is 493 g/mol. The van der Waals surface area contributed by atoms with Crippen LogP contribution >= 0.6 is 0 Å². The van der Waals surface area contributed by atoms with Gasteiger partial charge in [-0.3, -0.25) is 10.1 Å². The van der Waals surface area contributed by atoms with Crippen molar-refractivity contribution in [1.82, 2.24) is 0 Å². The summed E-state index contributed by atoms with van der Waals surface area (Å²) < 4.78 is 31.3. The maximum atomic E-state index is 15.7. The van der Waals surface area contributed by atoms with Gasteiger partial charge >= 0.3 is 11.7 Å². The molecule has 0 radical (unpaired) electrons. The molecular formula is C24H30F2N4O5. The van der Waals surface area contributed by atoms with E-state index in [1.54, 1.807) is 30.3 Å². The van der Waals surface area contributed by atoms with Crippen LogP contribution in [-0.2, 0) is 11.2 Å². The van der Waals surface area contributed by atoms with Crippen LogP contribution in [-0.4, -0.2) is 53.4 Å². The number of anilines is 3. The molecule has 0 bridgehead atoms. The van der Waals surface area contributed by atoms with Gasteiger partial charge in [-0.25, -0.2) is 13.6 Å². The zero-order chi connectivity index (χ0) is 25.5. The fourth-order valence-corrected chi connectivity index (χ4v) is 4.38. The molecule has 4 N–H and O–H groups in total. The highest BCUT2D eigenvalue weighted by Gasteiger charge is 2.36. The van der Waals surface area contributed by atoms with Crippen molar-refractivity contribution in [3.05, 3.63) is 57.6 Å². The summed E-state index contributed by atoms with van der Waals surface area (Å²) in [6.45, 7) is -0.549. The second kappa shape index (κ2) is 11.8. The Morgan fingerprint density at radius 3 is 2.37 bits per heavy atom. The monoisotopic (exact) mass is 492 g/mol. The summed E-state index contributed by atoms with van der Waals surface area (Å²) in [7, 11) is 1.34. The quantitative estimate of drug-likeness (QED) is 0.272. The van der Waals surface area contributed by atoms with Crippen LogP contribution in [0.25, 0.3) is 0 Å². The first-order valence-electron chi connectivity index (χ1n) is 11.6. The summed E-state index contributed by atoms with van der Waals surface area (Å²) in [6.07, 6.45) is 4.00. The summed E-state index contributed by atoms with van der Waals surface area (Å²) in [5.41, 5.74) is -2.05. The first kappa shape index (κ1) is 26.1. The van der Waals surface area contributed by atoms with E-state index in [9.17, 15) is 25.1 Å². The Balaban J connectivity index is 2.14. The lowest BCUT2D eigenvalue weighted by Gasteiger charge is -2.28. The van der Waals surface area contributed by atoms with Crippen LogP contribution in [0.5, 0.6) is 0 Å². The van der Waals surface area contributed by atoms with Gasteiger partial charge in [0.2, 0.25) is 0 Å². The predicted molar refractivity (Wildman–Crippen MR) is 129 cm³/mol. The molecule has 1 aliphatic rings. The number of carboxylic acid groups (broad SMARTS) is 1. The number of aliphatic hydroxyl groups excluding tert-OH is 1. The molecule has 1 aliphatic carbocycles. The first-order valence-corrected chi connectivity index (χ1v) is 11.6. The number of hydrogen-bond acceptors (Lipinski definition) is 7. The number of nitro groups is 1. The summed E-state index contributed by atoms with van der Waals surface area (Å²) >= 11 is 0. The third kappa shape index (κ3) is 6.16. The molecule has 0 unspecified atom stereocenters. The fourth-order valence-electron chi connectivity index (χ4n) is 4.38. The SMILES string of the molecule is CN(CCO)c1c(F)c(NC2CCCCC2)c([N+](=O)[O-])c(N[C@@H](Cc2ccccc2)C(=O)O)c1F. The molecule has 2 aromatic rings. The lowest BCUT2D eigenvalue weighted by molar-refractivity contribution is -0.383. The Morgan fingerprint density at radius 1 is 1.17 bits per heavy atom. The van der Waals surface area contributed by atoms with Crippen LogP contribution in [0.1, 0.15) is 37.7 Å². The molecule has 0 saturated heterocycles. The van der Waals surface area contributed by atoms with Gasteiger partial charge in [0, 0.05) is 26.1 Å². The number of hydrogen-bond donors (Lipinski definition) is 4. The number of benzene rings is 2. The molecule has 1 fully saturated rings. The van der Waals surface area contributed by atoms with E-state index in [2.05, 4.69) is 10.6 Å². The number of nitrogens with one attached hydrogen (secondary N) is 2. The number of halogens is 2. The maximum Gasteiger partial charge on any atom is 0.326 e. The molecule has 11 heteroatoms. The van der Waals surface area contributed by atoms with Gasteiger partial charge in [-0.1, -0.05) is 49.6 Å². The van der Waals surface area contributed by atoms with Crippen LogP contribution in [0.4, 0.5) is 31.5 Å². The number of carbonyl (C=O) groups is 1. The smallest absolute Gasteiger partial charge is 0.326 e. The van der Waals surface area contributed by atoms with Crippen molar-refractivity contribution in [3.63, 3.8) is 0 Å². The van der Waals surface area contributed by atoms with E-state index in [1.807, 2.05) is 0 Å². The van der Waals surface area contributed by atoms with Crippen molar-refractivity contribution in [2.75, 3.05) is 35.7 Å². The Morgan fingerprint density at radius 2 is 1.80 bits per heavy atom. The molecule has 190 valence electrons. The minimum atomic E-state index is -1.42. The number of nitrogens with zero attached hydrogens (tertiary/aromatic N) is 2. The highest BCUT2D eigenvalue weighted by Crippen LogP contribution is 2.45. The van der Waals surface area contributed by atoms with Crippen molar-refractivity contribution >= 4 is 28.7 Å². The van der Waals surface area contributed by atoms with Crippen LogP contribution in [0.3, 0.4) is 0 Å². The topological polar surface area (TPSA) is 128 Å². The fraction of sp³-hybridized carbons (Fsp3) is 0.458. The van der Waals surface area contributed by atoms with Gasteiger partial charge in [-0.05, 0) is 18.4 Å². The maximum absolute atomic E-state index is 15.7. The van der Waals surface area contributed by atoms with Crippen molar-refractivity contribution in [3.8, 4) is 0 Å². The normalized spacial score (nSPS) is 14.9. The van der Waals surface area contributed by atoms with E-state index in [0.29, 0.717) is 18.4 Å². The Hall–Kier alpha value is -3.47. The lowest BCUT2D eigenvalue weighted by Crippen LogP contribution is -2.33. The molecule has 1 saturated carbocycles. The number of aliphatic hydroxyl groups is 1. The van der Waals surface area contributed by atoms with Gasteiger partial charge in [0.05, 0.1) is 11.5 Å². The van der Waals surface area contributed by atoms with Gasteiger partial charge in [0.25, 0.3) is 0 Å². The molecule has 9 nitrogen and oxygen atoms in total. The van der Waals surface area contributed by atoms with Gasteiger partial charge in [-0.2, -0.15) is 0 Å². The minimum absolute atomic E-state index is 0.0860. The zero-order valence-corrected chi connectivity index (χ0v) is 19.5. The van der Waals surface area contributed by atoms with Crippen LogP contribution in [0, 0.1) is 21.7 Å². The van der Waals surface area contributed by atoms with E-state index in [0.717, 1.165) is 24.2 Å². The lowest BCUT2D eigenvalue weighted by atomic mass is 9.95. The Bertz CT molecular complexity index is 1050. The van der Waals surface area contributed by atoms with Gasteiger partial charge in [0.1, 0.15) is 11.7 Å². The number of likely N-dealkylation sites (N-methyl/N-ethyl adjacent to an activating group) is 1. The highest BCUT2D eigenvalue weighted by molar-refractivity contribution is 5.87. The van der Waals surface area contributed by atoms with Crippen molar-refractivity contribution in [2.24, 2.45) is 0 Å². The largest absolute Gasteiger partial charge is 0.480 e. The second-order valence-corrected chi connectivity index (χ2v) is 8.68. The van der Waals surface area contributed by atoms with Crippen molar-refractivity contribution < 1.29 is 28.7 Å². The van der Waals surface area contributed by atoms with Crippen LogP contribution in [0.15, 0.2) is 30.3 Å². The predicted octanol–water partition coefficient (Wildman–Crippen LogP) is 4.15. The molecule has 0 spiro atoms. The number of aliphatic carboxylic acids is 1. The third-order valence-electron chi connectivity index (χ3n) is 6.18. The van der Waals surface area contributed by atoms with E-state index in [-0.39, 0.29) is 19.0 Å². The molecule has 0 heterocycles. The molecular weight excluding hydrogens is 462 g/mol. The van der Waals surface area contributed by atoms with Crippen LogP contribution < -0.4 is 15.5 Å². The highest BCUT2D eigenvalue weighted by atomic mass is 19.1. The number of nitro benzene ring substituents is 1. The first-order chi connectivity index (χ1) is 16.7. The molecule has 0 aliphatic heterocycles. The summed E-state index contributed by atoms with van der Waals surface area (Å²) in [6, 6.07) is 6.88. The van der Waals surface area contributed by atoms with E-state index in [1.165, 1.54) is 7.05 Å². The van der Waals surface area contributed by atoms with Crippen molar-refractivity contribution in [2.45, 2.75) is 50.6 Å². The third-order valence-corrected chi connectivity index (χ3v) is 6.18. The van der Waals surface area contributed by atoms with Crippen molar-refractivity contribution in [1.29, 1.82) is 0 Å². The zero-order valence-electron chi connectivity index (χ0n) is 19.5. The van der Waals surface area contributed by atoms with E-state index < -0.39 is 57.9 Å². The van der Waals surface area contributed by atoms with Gasteiger partial charge < -0.3 is 25.7 Å². The second-order valence-electron chi connectivity index (χ2n) is 8.68. The van der Waals surface area contributed by atoms with E-state index in [4.69, 9.17) is 0 Å². The Labute approximate surface area is 201 Å². The number of carboxylic acids is 1. The summed E-state index contributed by atoms with van der Waals surface area (Å²) in [5.74, 6) is -3.80. The van der Waals surface area contributed by atoms with Crippen LogP contribution in [0.2, 0.25) is 0 Å². The Kier molecular flexibility index (Phi) is 8.80. The van der Waals surface area contributed by atoms with Gasteiger partial charge in [-0.15, -0.1) is 0 Å². The number of rotatable bonds is 11. The molecule has 2 aromatic carbocycles. The minimum Gasteiger partial charge on any atom is -0.480 e. The molecule has 0 aromatic heterocycles. The summed E-state index contributed by atoms with van der Waals surface area (Å²) in [5, 5.41) is 36.5. The van der Waals surface area contributed by atoms with Gasteiger partial charge in [0.15, 0.2) is 23.0 Å². The molecule has 3 rings (SSSR count). The molecule has 35 heavy (non-hydrogen) atoms. The molecule has 0 amide bonds. The summed E-state index contributed by atoms with van der Waals surface area (Å²) in [4.78, 5) is 24.3. The van der Waals surface area contributed by atoms with E-state index >= 15 is 8.78 Å². The standard InChI is InChI=1S/C24H30F2N4O5/c1-29(12-13-31)22-18(25)20(27-16-10-6-3-7-11-16)23(30(34)35)21(19(22)26)28-17(24(32)33)14-15-8-4-2-5-9-15/h2,4-5,8-9,16-17,27-28,31H,3,6-7,10-14H2,1H3,(H,32,33)/t17-/m0/s1. The molecule has 1 atom stereocenters. The average Bonchev–Trinajstić information content (AvgIpc) is 2.82.